The van der Waals surface area contributed by atoms with Crippen LogP contribution in [0, 0.1) is 5.92 Å². The number of halogens is 3. The van der Waals surface area contributed by atoms with Gasteiger partial charge in [-0.15, -0.1) is 0 Å². The maximum Gasteiger partial charge on any atom is 0.433 e. The fraction of sp³-hybridized carbons (Fsp3) is 0.714. The van der Waals surface area contributed by atoms with E-state index in [1.165, 1.54) is 0 Å². The lowest BCUT2D eigenvalue weighted by atomic mass is 9.92. The van der Waals surface area contributed by atoms with Gasteiger partial charge in [0.1, 0.15) is 17.9 Å². The number of ether oxygens (including phenoxy) is 1. The first-order valence-electron chi connectivity index (χ1n) is 7.33. The molecule has 6 nitrogen and oxygen atoms in total. The van der Waals surface area contributed by atoms with Crippen molar-refractivity contribution in [2.75, 3.05) is 11.9 Å². The van der Waals surface area contributed by atoms with Crippen LogP contribution in [-0.2, 0) is 10.9 Å². The summed E-state index contributed by atoms with van der Waals surface area (Å²) in [6.07, 6.45) is -5.86. The average Bonchev–Trinajstić information content (AvgIpc) is 2.46. The fourth-order valence-electron chi connectivity index (χ4n) is 2.43. The molecule has 2 rings (SSSR count). The SMILES string of the molecule is CC(C)C[C@H]1OC[C@H](Nc2nccc(C(F)(F)F)n2)[C@@H](O)[C@H]1O. The van der Waals surface area contributed by atoms with E-state index in [4.69, 9.17) is 4.74 Å². The maximum atomic E-state index is 12.6. The number of nitrogens with one attached hydrogen (secondary N) is 1. The standard InChI is InChI=1S/C14H20F3N3O3/c1-7(2)5-9-12(22)11(21)8(6-23-9)19-13-18-4-3-10(20-13)14(15,16)17/h3-4,7-9,11-12,21-22H,5-6H2,1-2H3,(H,18,19,20)/t8-,9+,11+,12-/m0/s1. The summed E-state index contributed by atoms with van der Waals surface area (Å²) in [6, 6.07) is -0.0381. The highest BCUT2D eigenvalue weighted by molar-refractivity contribution is 5.29. The number of aliphatic hydroxyl groups excluding tert-OH is 2. The molecule has 1 fully saturated rings. The third kappa shape index (κ3) is 4.52. The lowest BCUT2D eigenvalue weighted by Crippen LogP contribution is -2.56. The molecule has 9 heteroatoms. The minimum Gasteiger partial charge on any atom is -0.388 e. The number of hydrogen-bond acceptors (Lipinski definition) is 6. The monoisotopic (exact) mass is 335 g/mol. The largest absolute Gasteiger partial charge is 0.433 e. The summed E-state index contributed by atoms with van der Waals surface area (Å²) >= 11 is 0. The van der Waals surface area contributed by atoms with Crippen LogP contribution in [0.2, 0.25) is 0 Å². The molecule has 3 N–H and O–H groups in total. The van der Waals surface area contributed by atoms with Crippen molar-refractivity contribution < 1.29 is 28.1 Å². The van der Waals surface area contributed by atoms with Gasteiger partial charge < -0.3 is 20.3 Å². The van der Waals surface area contributed by atoms with Gasteiger partial charge in [-0.2, -0.15) is 13.2 Å². The summed E-state index contributed by atoms with van der Waals surface area (Å²) in [7, 11) is 0. The van der Waals surface area contributed by atoms with Gasteiger partial charge in [-0.05, 0) is 18.4 Å². The van der Waals surface area contributed by atoms with Crippen LogP contribution in [0.15, 0.2) is 12.3 Å². The van der Waals surface area contributed by atoms with Crippen molar-refractivity contribution in [3.63, 3.8) is 0 Å². The highest BCUT2D eigenvalue weighted by atomic mass is 19.4. The Kier molecular flexibility index (Phi) is 5.43. The summed E-state index contributed by atoms with van der Waals surface area (Å²) in [5, 5.41) is 22.8. The Balaban J connectivity index is 2.04. The minimum absolute atomic E-state index is 0.0369. The van der Waals surface area contributed by atoms with E-state index in [9.17, 15) is 23.4 Å². The van der Waals surface area contributed by atoms with E-state index in [1.54, 1.807) is 0 Å². The van der Waals surface area contributed by atoms with E-state index in [0.29, 0.717) is 6.42 Å². The van der Waals surface area contributed by atoms with Crippen LogP contribution in [0.4, 0.5) is 19.1 Å². The summed E-state index contributed by atoms with van der Waals surface area (Å²) in [4.78, 5) is 7.07. The molecule has 1 aliphatic heterocycles. The second-order valence-corrected chi connectivity index (χ2v) is 6.00. The number of hydrogen-bond donors (Lipinski definition) is 3. The van der Waals surface area contributed by atoms with Gasteiger partial charge in [0.15, 0.2) is 0 Å². The molecule has 0 radical (unpaired) electrons. The number of rotatable bonds is 4. The molecule has 0 bridgehead atoms. The van der Waals surface area contributed by atoms with Crippen LogP contribution in [0.25, 0.3) is 0 Å². The number of aromatic nitrogens is 2. The molecule has 0 spiro atoms. The summed E-state index contributed by atoms with van der Waals surface area (Å²) in [5.41, 5.74) is -1.08. The molecule has 23 heavy (non-hydrogen) atoms. The molecule has 1 aromatic heterocycles. The van der Waals surface area contributed by atoms with E-state index in [-0.39, 0.29) is 18.5 Å². The van der Waals surface area contributed by atoms with Crippen LogP contribution >= 0.6 is 0 Å². The molecule has 0 aromatic carbocycles. The van der Waals surface area contributed by atoms with E-state index in [0.717, 1.165) is 12.3 Å². The third-order valence-electron chi connectivity index (χ3n) is 3.60. The normalized spacial score (nSPS) is 28.9. The molecule has 4 atom stereocenters. The highest BCUT2D eigenvalue weighted by Gasteiger charge is 2.39. The lowest BCUT2D eigenvalue weighted by Gasteiger charge is -2.38. The Labute approximate surface area is 131 Å². The van der Waals surface area contributed by atoms with Crippen molar-refractivity contribution in [3.8, 4) is 0 Å². The van der Waals surface area contributed by atoms with Crippen LogP contribution < -0.4 is 5.32 Å². The zero-order chi connectivity index (χ0) is 17.2. The van der Waals surface area contributed by atoms with Crippen molar-refractivity contribution in [1.29, 1.82) is 0 Å². The number of anilines is 1. The molecule has 130 valence electrons. The van der Waals surface area contributed by atoms with Gasteiger partial charge in [-0.3, -0.25) is 0 Å². The molecule has 0 unspecified atom stereocenters. The van der Waals surface area contributed by atoms with Gasteiger partial charge in [0, 0.05) is 6.20 Å². The first-order chi connectivity index (χ1) is 10.7. The molecule has 0 amide bonds. The first kappa shape index (κ1) is 17.9. The van der Waals surface area contributed by atoms with Gasteiger partial charge in [0.2, 0.25) is 5.95 Å². The predicted molar refractivity (Wildman–Crippen MR) is 75.7 cm³/mol. The highest BCUT2D eigenvalue weighted by Crippen LogP contribution is 2.28. The Morgan fingerprint density at radius 3 is 2.65 bits per heavy atom. The molecular formula is C14H20F3N3O3. The van der Waals surface area contributed by atoms with Crippen LogP contribution in [-0.4, -0.2) is 51.1 Å². The smallest absolute Gasteiger partial charge is 0.388 e. The Morgan fingerprint density at radius 2 is 2.04 bits per heavy atom. The molecule has 1 aromatic rings. The molecule has 1 saturated heterocycles. The van der Waals surface area contributed by atoms with Gasteiger partial charge >= 0.3 is 6.18 Å². The Bertz CT molecular complexity index is 527. The third-order valence-corrected chi connectivity index (χ3v) is 3.60. The van der Waals surface area contributed by atoms with E-state index >= 15 is 0 Å². The fourth-order valence-corrected chi connectivity index (χ4v) is 2.43. The molecule has 0 aliphatic carbocycles. The van der Waals surface area contributed by atoms with E-state index in [2.05, 4.69) is 15.3 Å². The quantitative estimate of drug-likeness (QED) is 0.772. The molecular weight excluding hydrogens is 315 g/mol. The summed E-state index contributed by atoms with van der Waals surface area (Å²) in [5.74, 6) is 0.000134. The van der Waals surface area contributed by atoms with Gasteiger partial charge in [-0.25, -0.2) is 9.97 Å². The predicted octanol–water partition coefficient (Wildman–Crippen LogP) is 1.44. The zero-order valence-electron chi connectivity index (χ0n) is 12.8. The topological polar surface area (TPSA) is 87.5 Å². The average molecular weight is 335 g/mol. The minimum atomic E-state index is -4.58. The molecule has 1 aliphatic rings. The molecule has 2 heterocycles. The van der Waals surface area contributed by atoms with Crippen LogP contribution in [0.3, 0.4) is 0 Å². The van der Waals surface area contributed by atoms with Crippen molar-refractivity contribution in [2.24, 2.45) is 5.92 Å². The van der Waals surface area contributed by atoms with Crippen LogP contribution in [0.5, 0.6) is 0 Å². The Morgan fingerprint density at radius 1 is 1.35 bits per heavy atom. The van der Waals surface area contributed by atoms with Crippen molar-refractivity contribution in [3.05, 3.63) is 18.0 Å². The number of aliphatic hydroxyl groups is 2. The van der Waals surface area contributed by atoms with Crippen molar-refractivity contribution >= 4 is 5.95 Å². The van der Waals surface area contributed by atoms with Crippen molar-refractivity contribution in [2.45, 2.75) is 50.8 Å². The molecule has 0 saturated carbocycles. The second-order valence-electron chi connectivity index (χ2n) is 6.00. The zero-order valence-corrected chi connectivity index (χ0v) is 12.8. The van der Waals surface area contributed by atoms with Crippen LogP contribution in [0.1, 0.15) is 26.0 Å². The van der Waals surface area contributed by atoms with Gasteiger partial charge in [0.25, 0.3) is 0 Å². The maximum absolute atomic E-state index is 12.6. The van der Waals surface area contributed by atoms with E-state index in [1.807, 2.05) is 13.8 Å². The van der Waals surface area contributed by atoms with Gasteiger partial charge in [0.05, 0.1) is 18.8 Å². The van der Waals surface area contributed by atoms with E-state index < -0.39 is 36.2 Å². The second kappa shape index (κ2) is 6.98. The lowest BCUT2D eigenvalue weighted by molar-refractivity contribution is -0.145. The number of nitrogens with zero attached hydrogens (tertiary/aromatic N) is 2. The summed E-state index contributed by atoms with van der Waals surface area (Å²) in [6.45, 7) is 3.96. The first-order valence-corrected chi connectivity index (χ1v) is 7.33. The number of alkyl halides is 3. The van der Waals surface area contributed by atoms with Gasteiger partial charge in [-0.1, -0.05) is 13.8 Å². The Hall–Kier alpha value is -1.45. The summed E-state index contributed by atoms with van der Waals surface area (Å²) < 4.78 is 43.4. The van der Waals surface area contributed by atoms with Crippen molar-refractivity contribution in [1.82, 2.24) is 9.97 Å².